The van der Waals surface area contributed by atoms with E-state index in [1.165, 1.54) is 16.7 Å². The molecule has 2 heteroatoms. The van der Waals surface area contributed by atoms with Gasteiger partial charge in [0.15, 0.2) is 0 Å². The quantitative estimate of drug-likeness (QED) is 0.732. The van der Waals surface area contributed by atoms with Crippen molar-refractivity contribution >= 4 is 0 Å². The average Bonchev–Trinajstić information content (AvgIpc) is 2.59. The molecule has 0 N–H and O–H groups in total. The Kier molecular flexibility index (Phi) is 5.82. The molecule has 0 fully saturated rings. The molecule has 1 unspecified atom stereocenters. The highest BCUT2D eigenvalue weighted by molar-refractivity contribution is 5.39. The Balaban J connectivity index is 2.21. The van der Waals surface area contributed by atoms with Gasteiger partial charge in [-0.25, -0.2) is 0 Å². The van der Waals surface area contributed by atoms with Crippen molar-refractivity contribution in [3.63, 3.8) is 0 Å². The lowest BCUT2D eigenvalue weighted by molar-refractivity contribution is 0.410. The Bertz CT molecular complexity index is 680. The second kappa shape index (κ2) is 7.83. The molecule has 0 aliphatic heterocycles. The van der Waals surface area contributed by atoms with E-state index in [9.17, 15) is 5.26 Å². The minimum absolute atomic E-state index is 0.116. The van der Waals surface area contributed by atoms with Crippen molar-refractivity contribution in [2.75, 3.05) is 7.11 Å². The summed E-state index contributed by atoms with van der Waals surface area (Å²) in [7, 11) is 1.70. The van der Waals surface area contributed by atoms with E-state index in [1.807, 2.05) is 6.07 Å². The third-order valence-corrected chi connectivity index (χ3v) is 4.33. The van der Waals surface area contributed by atoms with E-state index in [2.05, 4.69) is 63.2 Å². The van der Waals surface area contributed by atoms with Crippen LogP contribution >= 0.6 is 0 Å². The minimum atomic E-state index is -0.116. The Morgan fingerprint density at radius 1 is 1.04 bits per heavy atom. The number of benzene rings is 2. The lowest BCUT2D eigenvalue weighted by Crippen LogP contribution is -2.02. The van der Waals surface area contributed by atoms with E-state index in [4.69, 9.17) is 4.74 Å². The summed E-state index contributed by atoms with van der Waals surface area (Å²) in [6, 6.07) is 17.1. The first-order chi connectivity index (χ1) is 11.1. The molecule has 0 heterocycles. The van der Waals surface area contributed by atoms with Crippen LogP contribution in [-0.4, -0.2) is 7.11 Å². The van der Waals surface area contributed by atoms with Gasteiger partial charge in [-0.05, 0) is 47.1 Å². The summed E-state index contributed by atoms with van der Waals surface area (Å²) in [5, 5.41) is 9.57. The van der Waals surface area contributed by atoms with Crippen molar-refractivity contribution in [2.24, 2.45) is 0 Å². The normalized spacial score (nSPS) is 12.0. The van der Waals surface area contributed by atoms with Crippen LogP contribution in [0.5, 0.6) is 5.75 Å². The second-order valence-corrected chi connectivity index (χ2v) is 6.21. The summed E-state index contributed by atoms with van der Waals surface area (Å²) in [5.74, 6) is 1.32. The number of nitrogens with zero attached hydrogens (tertiary/aromatic N) is 1. The zero-order valence-electron chi connectivity index (χ0n) is 14.5. The molecule has 0 spiro atoms. The predicted octanol–water partition coefficient (Wildman–Crippen LogP) is 5.23. The molecular formula is C21H25NO. The molecule has 0 aliphatic rings. The van der Waals surface area contributed by atoms with Gasteiger partial charge in [-0.15, -0.1) is 0 Å². The fourth-order valence-electron chi connectivity index (χ4n) is 2.82. The third-order valence-electron chi connectivity index (χ3n) is 4.33. The molecule has 2 rings (SSSR count). The van der Waals surface area contributed by atoms with Crippen molar-refractivity contribution in [1.29, 1.82) is 5.26 Å². The third kappa shape index (κ3) is 4.13. The van der Waals surface area contributed by atoms with E-state index in [0.717, 1.165) is 24.2 Å². The molecule has 23 heavy (non-hydrogen) atoms. The van der Waals surface area contributed by atoms with E-state index in [0.29, 0.717) is 5.92 Å². The van der Waals surface area contributed by atoms with E-state index >= 15 is 0 Å². The summed E-state index contributed by atoms with van der Waals surface area (Å²) in [5.41, 5.74) is 4.77. The molecule has 2 nitrogen and oxygen atoms in total. The van der Waals surface area contributed by atoms with Crippen LogP contribution in [0.2, 0.25) is 0 Å². The maximum absolute atomic E-state index is 9.57. The number of hydrogen-bond donors (Lipinski definition) is 0. The van der Waals surface area contributed by atoms with E-state index in [1.54, 1.807) is 7.11 Å². The molecule has 0 amide bonds. The average molecular weight is 307 g/mol. The number of ether oxygens (including phenoxy) is 1. The van der Waals surface area contributed by atoms with Gasteiger partial charge in [0, 0.05) is 0 Å². The van der Waals surface area contributed by atoms with Crippen molar-refractivity contribution in [3.05, 3.63) is 64.7 Å². The Hall–Kier alpha value is -2.27. The van der Waals surface area contributed by atoms with Crippen LogP contribution < -0.4 is 4.74 Å². The molecule has 0 aliphatic carbocycles. The first kappa shape index (κ1) is 17.1. The summed E-state index contributed by atoms with van der Waals surface area (Å²) in [6.45, 7) is 6.48. The van der Waals surface area contributed by atoms with Crippen LogP contribution in [0.15, 0.2) is 42.5 Å². The fourth-order valence-corrected chi connectivity index (χ4v) is 2.82. The van der Waals surface area contributed by atoms with Gasteiger partial charge in [0.1, 0.15) is 5.75 Å². The monoisotopic (exact) mass is 307 g/mol. The summed E-state index contributed by atoms with van der Waals surface area (Å²) < 4.78 is 5.38. The van der Waals surface area contributed by atoms with Crippen LogP contribution in [0.25, 0.3) is 0 Å². The predicted molar refractivity (Wildman–Crippen MR) is 95.0 cm³/mol. The molecular weight excluding hydrogens is 282 g/mol. The number of aryl methyl sites for hydroxylation is 1. The highest BCUT2D eigenvalue weighted by atomic mass is 16.5. The van der Waals surface area contributed by atoms with Gasteiger partial charge < -0.3 is 4.74 Å². The van der Waals surface area contributed by atoms with Crippen LogP contribution in [0.4, 0.5) is 0 Å². The van der Waals surface area contributed by atoms with Crippen LogP contribution in [-0.2, 0) is 12.8 Å². The Labute approximate surface area is 139 Å². The Morgan fingerprint density at radius 2 is 1.70 bits per heavy atom. The molecule has 2 aromatic rings. The Morgan fingerprint density at radius 3 is 2.22 bits per heavy atom. The number of methoxy groups -OCH3 is 1. The standard InChI is InChI=1S/C21H25NO/c1-5-17-12-16(6-11-21(17)23-4)13-20(14-22)19-9-7-18(8-10-19)15(2)3/h6-12,15,20H,5,13H2,1-4H3. The van der Waals surface area contributed by atoms with Gasteiger partial charge in [-0.3, -0.25) is 0 Å². The van der Waals surface area contributed by atoms with Crippen LogP contribution in [0.3, 0.4) is 0 Å². The smallest absolute Gasteiger partial charge is 0.122 e. The zero-order chi connectivity index (χ0) is 16.8. The SMILES string of the molecule is CCc1cc(CC(C#N)c2ccc(C(C)C)cc2)ccc1OC. The first-order valence-corrected chi connectivity index (χ1v) is 8.24. The van der Waals surface area contributed by atoms with Crippen molar-refractivity contribution in [1.82, 2.24) is 0 Å². The molecule has 0 saturated heterocycles. The van der Waals surface area contributed by atoms with Crippen molar-refractivity contribution < 1.29 is 4.74 Å². The summed E-state index contributed by atoms with van der Waals surface area (Å²) >= 11 is 0. The first-order valence-electron chi connectivity index (χ1n) is 8.24. The molecule has 0 bridgehead atoms. The number of hydrogen-bond acceptors (Lipinski definition) is 2. The number of rotatable bonds is 6. The topological polar surface area (TPSA) is 33.0 Å². The minimum Gasteiger partial charge on any atom is -0.496 e. The maximum atomic E-state index is 9.57. The molecule has 1 atom stereocenters. The largest absolute Gasteiger partial charge is 0.496 e. The highest BCUT2D eigenvalue weighted by Crippen LogP contribution is 2.26. The van der Waals surface area contributed by atoms with Crippen LogP contribution in [0, 0.1) is 11.3 Å². The highest BCUT2D eigenvalue weighted by Gasteiger charge is 2.13. The summed E-state index contributed by atoms with van der Waals surface area (Å²) in [6.07, 6.45) is 1.66. The second-order valence-electron chi connectivity index (χ2n) is 6.21. The number of nitriles is 1. The fraction of sp³-hybridized carbons (Fsp3) is 0.381. The van der Waals surface area contributed by atoms with Crippen molar-refractivity contribution in [2.45, 2.75) is 45.4 Å². The zero-order valence-corrected chi connectivity index (χ0v) is 14.5. The lowest BCUT2D eigenvalue weighted by atomic mass is 9.90. The van der Waals surface area contributed by atoms with Gasteiger partial charge in [0.2, 0.25) is 0 Å². The molecule has 2 aromatic carbocycles. The molecule has 0 saturated carbocycles. The molecule has 0 aromatic heterocycles. The van der Waals surface area contributed by atoms with E-state index < -0.39 is 0 Å². The molecule has 120 valence electrons. The van der Waals surface area contributed by atoms with Gasteiger partial charge in [0.25, 0.3) is 0 Å². The van der Waals surface area contributed by atoms with Gasteiger partial charge in [-0.2, -0.15) is 5.26 Å². The maximum Gasteiger partial charge on any atom is 0.122 e. The van der Waals surface area contributed by atoms with Gasteiger partial charge in [0.05, 0.1) is 19.1 Å². The van der Waals surface area contributed by atoms with Crippen molar-refractivity contribution in [3.8, 4) is 11.8 Å². The van der Waals surface area contributed by atoms with Crippen LogP contribution in [0.1, 0.15) is 54.9 Å². The van der Waals surface area contributed by atoms with Gasteiger partial charge >= 0.3 is 0 Å². The lowest BCUT2D eigenvalue weighted by Gasteiger charge is -2.14. The summed E-state index contributed by atoms with van der Waals surface area (Å²) in [4.78, 5) is 0. The van der Waals surface area contributed by atoms with E-state index in [-0.39, 0.29) is 5.92 Å². The molecule has 0 radical (unpaired) electrons. The van der Waals surface area contributed by atoms with Gasteiger partial charge in [-0.1, -0.05) is 57.2 Å².